The van der Waals surface area contributed by atoms with Crippen LogP contribution in [0.3, 0.4) is 0 Å². The fraction of sp³-hybridized carbons (Fsp3) is 0.176. The van der Waals surface area contributed by atoms with Gasteiger partial charge in [-0.25, -0.2) is 0 Å². The van der Waals surface area contributed by atoms with Crippen LogP contribution in [0.25, 0.3) is 0 Å². The maximum atomic E-state index is 12.5. The third-order valence-corrected chi connectivity index (χ3v) is 3.42. The largest absolute Gasteiger partial charge is 0.280 e. The molecular weight excluding hydrogens is 276 g/mol. The van der Waals surface area contributed by atoms with Crippen molar-refractivity contribution >= 4 is 23.0 Å². The lowest BCUT2D eigenvalue weighted by molar-refractivity contribution is -0.117. The highest BCUT2D eigenvalue weighted by molar-refractivity contribution is 6.18. The molecule has 1 unspecified atom stereocenters. The summed E-state index contributed by atoms with van der Waals surface area (Å²) in [5, 5.41) is 14.0. The van der Waals surface area contributed by atoms with Crippen LogP contribution in [0.1, 0.15) is 12.5 Å². The zero-order valence-electron chi connectivity index (χ0n) is 12.5. The summed E-state index contributed by atoms with van der Waals surface area (Å²) in [6, 6.07) is 16.3. The zero-order valence-corrected chi connectivity index (χ0v) is 12.5. The summed E-state index contributed by atoms with van der Waals surface area (Å²) < 4.78 is 0. The van der Waals surface area contributed by atoms with Gasteiger partial charge in [0.2, 0.25) is 0 Å². The number of carbonyl (C=O) groups is 1. The third-order valence-electron chi connectivity index (χ3n) is 3.42. The maximum absolute atomic E-state index is 12.5. The minimum Gasteiger partial charge on any atom is -0.269 e. The van der Waals surface area contributed by atoms with Crippen LogP contribution in [0.5, 0.6) is 0 Å². The molecule has 1 aliphatic heterocycles. The van der Waals surface area contributed by atoms with Crippen molar-refractivity contribution in [2.24, 2.45) is 15.3 Å². The average Bonchev–Trinajstić information content (AvgIpc) is 2.82. The summed E-state index contributed by atoms with van der Waals surface area (Å²) in [6.45, 7) is 3.79. The smallest absolute Gasteiger partial charge is 0.269 e. The minimum absolute atomic E-state index is 0.180. The van der Waals surface area contributed by atoms with Crippen molar-refractivity contribution in [3.05, 3.63) is 60.2 Å². The molecule has 1 heterocycles. The van der Waals surface area contributed by atoms with E-state index in [1.54, 1.807) is 6.92 Å². The molecule has 22 heavy (non-hydrogen) atoms. The highest BCUT2D eigenvalue weighted by Gasteiger charge is 2.34. The van der Waals surface area contributed by atoms with Gasteiger partial charge in [0.25, 0.3) is 5.91 Å². The van der Waals surface area contributed by atoms with Crippen molar-refractivity contribution in [2.45, 2.75) is 19.9 Å². The van der Waals surface area contributed by atoms with Crippen molar-refractivity contribution in [3.63, 3.8) is 0 Å². The van der Waals surface area contributed by atoms with E-state index in [4.69, 9.17) is 0 Å². The van der Waals surface area contributed by atoms with Gasteiger partial charge in [0.15, 0.2) is 6.04 Å². The molecule has 0 N–H and O–H groups in total. The molecule has 2 aromatic rings. The molecule has 0 saturated carbocycles. The Morgan fingerprint density at radius 1 is 1.00 bits per heavy atom. The van der Waals surface area contributed by atoms with E-state index in [1.807, 2.05) is 61.5 Å². The van der Waals surface area contributed by atoms with Crippen LogP contribution in [-0.4, -0.2) is 17.7 Å². The number of amides is 1. The Morgan fingerprint density at radius 2 is 1.68 bits per heavy atom. The van der Waals surface area contributed by atoms with E-state index in [0.717, 1.165) is 16.9 Å². The fourth-order valence-electron chi connectivity index (χ4n) is 2.18. The van der Waals surface area contributed by atoms with Crippen LogP contribution in [-0.2, 0) is 4.79 Å². The highest BCUT2D eigenvalue weighted by atomic mass is 16.2. The van der Waals surface area contributed by atoms with Crippen molar-refractivity contribution in [2.75, 3.05) is 5.01 Å². The summed E-state index contributed by atoms with van der Waals surface area (Å²) in [5.41, 5.74) is 3.24. The Bertz CT molecular complexity index is 735. The second-order valence-corrected chi connectivity index (χ2v) is 5.18. The Hall–Kier alpha value is -2.82. The minimum atomic E-state index is -0.651. The quantitative estimate of drug-likeness (QED) is 0.792. The SMILES string of the molecule is CC1=NN(c2ccc(C)cc2)C(=O)C1N=Nc1ccccc1. The average molecular weight is 292 g/mol. The van der Waals surface area contributed by atoms with Gasteiger partial charge in [-0.05, 0) is 38.1 Å². The number of azo groups is 1. The summed E-state index contributed by atoms with van der Waals surface area (Å²) in [7, 11) is 0. The summed E-state index contributed by atoms with van der Waals surface area (Å²) in [5.74, 6) is -0.180. The van der Waals surface area contributed by atoms with Gasteiger partial charge in [-0.15, -0.1) is 0 Å². The van der Waals surface area contributed by atoms with Crippen LogP contribution < -0.4 is 5.01 Å². The van der Waals surface area contributed by atoms with E-state index in [2.05, 4.69) is 15.3 Å². The third kappa shape index (κ3) is 2.79. The number of carbonyl (C=O) groups excluding carboxylic acids is 1. The van der Waals surface area contributed by atoms with Crippen LogP contribution in [0, 0.1) is 6.92 Å². The van der Waals surface area contributed by atoms with Crippen LogP contribution in [0.2, 0.25) is 0 Å². The molecule has 1 atom stereocenters. The lowest BCUT2D eigenvalue weighted by atomic mass is 10.2. The molecule has 2 aromatic carbocycles. The van der Waals surface area contributed by atoms with E-state index >= 15 is 0 Å². The fourth-order valence-corrected chi connectivity index (χ4v) is 2.18. The molecule has 1 amide bonds. The molecule has 0 saturated heterocycles. The molecule has 0 aliphatic carbocycles. The van der Waals surface area contributed by atoms with E-state index in [-0.39, 0.29) is 5.91 Å². The molecule has 3 rings (SSSR count). The van der Waals surface area contributed by atoms with Gasteiger partial charge >= 0.3 is 0 Å². The normalized spacial score (nSPS) is 18.1. The van der Waals surface area contributed by atoms with E-state index < -0.39 is 6.04 Å². The molecule has 1 aliphatic rings. The highest BCUT2D eigenvalue weighted by Crippen LogP contribution is 2.23. The van der Waals surface area contributed by atoms with Crippen LogP contribution >= 0.6 is 0 Å². The van der Waals surface area contributed by atoms with E-state index in [9.17, 15) is 4.79 Å². The second-order valence-electron chi connectivity index (χ2n) is 5.18. The molecule has 0 spiro atoms. The zero-order chi connectivity index (χ0) is 15.5. The van der Waals surface area contributed by atoms with Crippen LogP contribution in [0.4, 0.5) is 11.4 Å². The van der Waals surface area contributed by atoms with E-state index in [0.29, 0.717) is 5.71 Å². The van der Waals surface area contributed by atoms with Gasteiger partial charge in [0.05, 0.1) is 17.1 Å². The molecule has 5 nitrogen and oxygen atoms in total. The number of hydrogen-bond donors (Lipinski definition) is 0. The predicted octanol–water partition coefficient (Wildman–Crippen LogP) is 3.87. The first kappa shape index (κ1) is 14.1. The first-order valence-electron chi connectivity index (χ1n) is 7.07. The number of nitrogens with zero attached hydrogens (tertiary/aromatic N) is 4. The summed E-state index contributed by atoms with van der Waals surface area (Å²) in [6.07, 6.45) is 0. The second kappa shape index (κ2) is 5.89. The molecule has 0 radical (unpaired) electrons. The standard InChI is InChI=1S/C17H16N4O/c1-12-8-10-15(11-9-12)21-17(22)16(13(2)20-21)19-18-14-6-4-3-5-7-14/h3-11,16H,1-2H3. The molecular formula is C17H16N4O. The Labute approximate surface area is 129 Å². The number of anilines is 1. The Morgan fingerprint density at radius 3 is 2.36 bits per heavy atom. The Kier molecular flexibility index (Phi) is 3.78. The van der Waals surface area contributed by atoms with Crippen molar-refractivity contribution < 1.29 is 4.79 Å². The number of rotatable bonds is 3. The van der Waals surface area contributed by atoms with Crippen molar-refractivity contribution in [1.29, 1.82) is 0 Å². The van der Waals surface area contributed by atoms with Gasteiger partial charge in [-0.1, -0.05) is 35.9 Å². The predicted molar refractivity (Wildman–Crippen MR) is 86.5 cm³/mol. The maximum Gasteiger partial charge on any atom is 0.280 e. The van der Waals surface area contributed by atoms with Gasteiger partial charge in [0.1, 0.15) is 0 Å². The number of hydrogen-bond acceptors (Lipinski definition) is 4. The topological polar surface area (TPSA) is 57.4 Å². The lowest BCUT2D eigenvalue weighted by Crippen LogP contribution is -2.29. The van der Waals surface area contributed by atoms with Crippen LogP contribution in [0.15, 0.2) is 69.9 Å². The summed E-state index contributed by atoms with van der Waals surface area (Å²) >= 11 is 0. The van der Waals surface area contributed by atoms with Crippen molar-refractivity contribution in [3.8, 4) is 0 Å². The van der Waals surface area contributed by atoms with Crippen molar-refractivity contribution in [1.82, 2.24) is 0 Å². The molecule has 110 valence electrons. The first-order valence-corrected chi connectivity index (χ1v) is 7.07. The Balaban J connectivity index is 1.81. The van der Waals surface area contributed by atoms with Gasteiger partial charge in [-0.3, -0.25) is 4.79 Å². The molecule has 5 heteroatoms. The monoisotopic (exact) mass is 292 g/mol. The molecule has 0 aromatic heterocycles. The van der Waals surface area contributed by atoms with Gasteiger partial charge < -0.3 is 0 Å². The molecule has 0 bridgehead atoms. The van der Waals surface area contributed by atoms with Gasteiger partial charge in [-0.2, -0.15) is 20.3 Å². The first-order chi connectivity index (χ1) is 10.6. The van der Waals surface area contributed by atoms with E-state index in [1.165, 1.54) is 5.01 Å². The van der Waals surface area contributed by atoms with Gasteiger partial charge in [0, 0.05) is 0 Å². The molecule has 0 fully saturated rings. The number of benzene rings is 2. The lowest BCUT2D eigenvalue weighted by Gasteiger charge is -2.12. The number of aryl methyl sites for hydroxylation is 1. The number of hydrazone groups is 1. The summed E-state index contributed by atoms with van der Waals surface area (Å²) in [4.78, 5) is 12.5.